The Morgan fingerprint density at radius 2 is 2.05 bits per heavy atom. The molecule has 1 heterocycles. The van der Waals surface area contributed by atoms with Crippen LogP contribution in [0, 0.1) is 5.41 Å². The Bertz CT molecular complexity index is 455. The monoisotopic (exact) mass is 265 g/mol. The van der Waals surface area contributed by atoms with E-state index in [-0.39, 0.29) is 5.91 Å². The van der Waals surface area contributed by atoms with Crippen LogP contribution in [0.15, 0.2) is 12.5 Å². The summed E-state index contributed by atoms with van der Waals surface area (Å²) < 4.78 is 1.73. The SMILES string of the molecule is Cn1cnc(C(=O)NCC2(O)CCC(C)(C)CC2)c1. The average molecular weight is 265 g/mol. The van der Waals surface area contributed by atoms with Gasteiger partial charge in [-0.3, -0.25) is 4.79 Å². The molecule has 106 valence electrons. The molecule has 0 radical (unpaired) electrons. The second-order valence-electron chi connectivity index (χ2n) is 6.50. The van der Waals surface area contributed by atoms with Gasteiger partial charge in [0.1, 0.15) is 5.69 Å². The first kappa shape index (κ1) is 14.1. The maximum Gasteiger partial charge on any atom is 0.271 e. The predicted octanol–water partition coefficient (Wildman–Crippen LogP) is 1.48. The molecule has 19 heavy (non-hydrogen) atoms. The summed E-state index contributed by atoms with van der Waals surface area (Å²) in [5.41, 5.74) is -0.0702. The minimum absolute atomic E-state index is 0.223. The van der Waals surface area contributed by atoms with Crippen molar-refractivity contribution in [3.63, 3.8) is 0 Å². The highest BCUT2D eigenvalue weighted by Gasteiger charge is 2.36. The first-order chi connectivity index (χ1) is 8.80. The van der Waals surface area contributed by atoms with E-state index in [9.17, 15) is 9.90 Å². The first-order valence-corrected chi connectivity index (χ1v) is 6.78. The summed E-state index contributed by atoms with van der Waals surface area (Å²) in [7, 11) is 1.82. The summed E-state index contributed by atoms with van der Waals surface area (Å²) in [6, 6.07) is 0. The molecule has 0 bridgehead atoms. The fourth-order valence-corrected chi connectivity index (χ4v) is 2.43. The van der Waals surface area contributed by atoms with Gasteiger partial charge >= 0.3 is 0 Å². The maximum atomic E-state index is 11.9. The highest BCUT2D eigenvalue weighted by Crippen LogP contribution is 2.39. The van der Waals surface area contributed by atoms with E-state index in [1.54, 1.807) is 17.1 Å². The van der Waals surface area contributed by atoms with E-state index in [1.807, 2.05) is 7.05 Å². The molecule has 0 saturated heterocycles. The van der Waals surface area contributed by atoms with Crippen molar-refractivity contribution < 1.29 is 9.90 Å². The van der Waals surface area contributed by atoms with E-state index < -0.39 is 5.60 Å². The van der Waals surface area contributed by atoms with E-state index >= 15 is 0 Å². The van der Waals surface area contributed by atoms with Crippen molar-refractivity contribution in [1.29, 1.82) is 0 Å². The van der Waals surface area contributed by atoms with Gasteiger partial charge in [0.25, 0.3) is 5.91 Å². The number of amides is 1. The zero-order chi connectivity index (χ0) is 14.1. The summed E-state index contributed by atoms with van der Waals surface area (Å²) in [5.74, 6) is -0.223. The van der Waals surface area contributed by atoms with E-state index in [1.165, 1.54) is 0 Å². The zero-order valence-electron chi connectivity index (χ0n) is 11.9. The molecular formula is C14H23N3O2. The number of carbonyl (C=O) groups is 1. The van der Waals surface area contributed by atoms with Crippen molar-refractivity contribution in [2.45, 2.75) is 45.1 Å². The Kier molecular flexibility index (Phi) is 3.67. The van der Waals surface area contributed by atoms with Gasteiger partial charge in [0.2, 0.25) is 0 Å². The zero-order valence-corrected chi connectivity index (χ0v) is 11.9. The van der Waals surface area contributed by atoms with Crippen LogP contribution in [-0.2, 0) is 7.05 Å². The smallest absolute Gasteiger partial charge is 0.271 e. The Morgan fingerprint density at radius 1 is 1.42 bits per heavy atom. The third-order valence-electron chi connectivity index (χ3n) is 4.05. The quantitative estimate of drug-likeness (QED) is 0.870. The van der Waals surface area contributed by atoms with Gasteiger partial charge < -0.3 is 15.0 Å². The number of imidazole rings is 1. The number of aliphatic hydroxyl groups is 1. The number of aryl methyl sites for hydroxylation is 1. The number of carbonyl (C=O) groups excluding carboxylic acids is 1. The van der Waals surface area contributed by atoms with Gasteiger partial charge in [-0.15, -0.1) is 0 Å². The summed E-state index contributed by atoms with van der Waals surface area (Å²) in [6.07, 6.45) is 6.72. The van der Waals surface area contributed by atoms with Crippen molar-refractivity contribution in [3.05, 3.63) is 18.2 Å². The van der Waals surface area contributed by atoms with Crippen molar-refractivity contribution in [2.75, 3.05) is 6.54 Å². The molecule has 2 N–H and O–H groups in total. The third-order valence-corrected chi connectivity index (χ3v) is 4.05. The maximum absolute atomic E-state index is 11.9. The topological polar surface area (TPSA) is 67.2 Å². The Labute approximate surface area is 114 Å². The van der Waals surface area contributed by atoms with Crippen LogP contribution in [0.5, 0.6) is 0 Å². The standard InChI is InChI=1S/C14H23N3O2/c1-13(2)4-6-14(19,7-5-13)9-15-12(18)11-8-17(3)10-16-11/h8,10,19H,4-7,9H2,1-3H3,(H,15,18). The lowest BCUT2D eigenvalue weighted by atomic mass is 9.71. The van der Waals surface area contributed by atoms with Crippen LogP contribution in [0.1, 0.15) is 50.0 Å². The van der Waals surface area contributed by atoms with Crippen molar-refractivity contribution in [2.24, 2.45) is 12.5 Å². The van der Waals surface area contributed by atoms with Gasteiger partial charge in [0.15, 0.2) is 0 Å². The predicted molar refractivity (Wildman–Crippen MR) is 72.7 cm³/mol. The minimum Gasteiger partial charge on any atom is -0.388 e. The van der Waals surface area contributed by atoms with Crippen LogP contribution in [0.25, 0.3) is 0 Å². The molecule has 1 aromatic rings. The van der Waals surface area contributed by atoms with E-state index in [2.05, 4.69) is 24.1 Å². The van der Waals surface area contributed by atoms with Gasteiger partial charge in [0.05, 0.1) is 11.9 Å². The molecular weight excluding hydrogens is 242 g/mol. The molecule has 2 rings (SSSR count). The molecule has 1 aromatic heterocycles. The number of hydrogen-bond donors (Lipinski definition) is 2. The average Bonchev–Trinajstić information content (AvgIpc) is 2.78. The highest BCUT2D eigenvalue weighted by molar-refractivity contribution is 5.92. The Morgan fingerprint density at radius 3 is 2.58 bits per heavy atom. The van der Waals surface area contributed by atoms with Crippen molar-refractivity contribution in [1.82, 2.24) is 14.9 Å². The molecule has 1 saturated carbocycles. The summed E-state index contributed by atoms with van der Waals surface area (Å²) in [5, 5.41) is 13.2. The van der Waals surface area contributed by atoms with Crippen LogP contribution in [0.2, 0.25) is 0 Å². The molecule has 1 amide bonds. The molecule has 0 unspecified atom stereocenters. The Balaban J connectivity index is 1.87. The molecule has 0 atom stereocenters. The first-order valence-electron chi connectivity index (χ1n) is 6.78. The van der Waals surface area contributed by atoms with E-state index in [0.29, 0.717) is 17.7 Å². The lowest BCUT2D eigenvalue weighted by Crippen LogP contribution is -2.46. The third kappa shape index (κ3) is 3.56. The van der Waals surface area contributed by atoms with Gasteiger partial charge in [0, 0.05) is 19.8 Å². The molecule has 5 heteroatoms. The fraction of sp³-hybridized carbons (Fsp3) is 0.714. The van der Waals surface area contributed by atoms with Crippen LogP contribution in [-0.4, -0.2) is 32.7 Å². The normalized spacial score (nSPS) is 21.1. The van der Waals surface area contributed by atoms with Crippen LogP contribution in [0.3, 0.4) is 0 Å². The van der Waals surface area contributed by atoms with Gasteiger partial charge in [-0.25, -0.2) is 4.98 Å². The number of nitrogens with one attached hydrogen (secondary N) is 1. The Hall–Kier alpha value is -1.36. The highest BCUT2D eigenvalue weighted by atomic mass is 16.3. The second kappa shape index (κ2) is 4.96. The molecule has 1 aliphatic carbocycles. The van der Waals surface area contributed by atoms with Gasteiger partial charge in [-0.2, -0.15) is 0 Å². The summed E-state index contributed by atoms with van der Waals surface area (Å²) >= 11 is 0. The van der Waals surface area contributed by atoms with E-state index in [0.717, 1.165) is 25.7 Å². The van der Waals surface area contributed by atoms with Crippen LogP contribution < -0.4 is 5.32 Å². The summed E-state index contributed by atoms with van der Waals surface area (Å²) in [6.45, 7) is 4.75. The van der Waals surface area contributed by atoms with Gasteiger partial charge in [-0.1, -0.05) is 13.8 Å². The van der Waals surface area contributed by atoms with Crippen molar-refractivity contribution >= 4 is 5.91 Å². The number of rotatable bonds is 3. The molecule has 0 aliphatic heterocycles. The van der Waals surface area contributed by atoms with Crippen LogP contribution in [0.4, 0.5) is 0 Å². The number of nitrogens with zero attached hydrogens (tertiary/aromatic N) is 2. The van der Waals surface area contributed by atoms with Crippen LogP contribution >= 0.6 is 0 Å². The molecule has 0 aromatic carbocycles. The van der Waals surface area contributed by atoms with Crippen molar-refractivity contribution in [3.8, 4) is 0 Å². The molecule has 1 aliphatic rings. The molecule has 0 spiro atoms. The molecule has 1 fully saturated rings. The second-order valence-corrected chi connectivity index (χ2v) is 6.50. The lowest BCUT2D eigenvalue weighted by Gasteiger charge is -2.40. The number of aromatic nitrogens is 2. The summed E-state index contributed by atoms with van der Waals surface area (Å²) in [4.78, 5) is 15.9. The minimum atomic E-state index is -0.764. The largest absolute Gasteiger partial charge is 0.388 e. The van der Waals surface area contributed by atoms with Gasteiger partial charge in [-0.05, 0) is 31.1 Å². The number of hydrogen-bond acceptors (Lipinski definition) is 3. The molecule has 5 nitrogen and oxygen atoms in total. The fourth-order valence-electron chi connectivity index (χ4n) is 2.43. The van der Waals surface area contributed by atoms with E-state index in [4.69, 9.17) is 0 Å². The lowest BCUT2D eigenvalue weighted by molar-refractivity contribution is -0.0233.